The van der Waals surface area contributed by atoms with E-state index in [-0.39, 0.29) is 17.7 Å². The highest BCUT2D eigenvalue weighted by atomic mass is 35.5. The summed E-state index contributed by atoms with van der Waals surface area (Å²) in [6, 6.07) is 3.40. The molecule has 0 aliphatic carbocycles. The highest BCUT2D eigenvalue weighted by Gasteiger charge is 2.32. The van der Waals surface area contributed by atoms with Crippen molar-refractivity contribution in [2.75, 3.05) is 31.6 Å². The molecule has 1 N–H and O–H groups in total. The molecule has 27 heavy (non-hydrogen) atoms. The number of nitrogens with one attached hydrogen (secondary N) is 1. The molecule has 1 aromatic rings. The number of hydrogen-bond acceptors (Lipinski definition) is 4. The van der Waals surface area contributed by atoms with Crippen LogP contribution in [0.15, 0.2) is 12.1 Å². The van der Waals surface area contributed by atoms with Crippen molar-refractivity contribution in [2.24, 2.45) is 11.3 Å². The summed E-state index contributed by atoms with van der Waals surface area (Å²) < 4.78 is 11.3. The lowest BCUT2D eigenvalue weighted by atomic mass is 9.90. The van der Waals surface area contributed by atoms with E-state index in [4.69, 9.17) is 21.1 Å². The van der Waals surface area contributed by atoms with Crippen molar-refractivity contribution in [3.05, 3.63) is 17.2 Å². The molecule has 0 bridgehead atoms. The molecule has 2 amide bonds. The smallest absolute Gasteiger partial charge is 0.227 e. The molecule has 1 saturated heterocycles. The zero-order valence-electron chi connectivity index (χ0n) is 16.1. The minimum atomic E-state index is -0.396. The van der Waals surface area contributed by atoms with Crippen molar-refractivity contribution in [1.29, 1.82) is 0 Å². The summed E-state index contributed by atoms with van der Waals surface area (Å²) in [7, 11) is 0. The highest BCUT2D eigenvalue weighted by molar-refractivity contribution is 6.34. The van der Waals surface area contributed by atoms with Gasteiger partial charge in [-0.25, -0.2) is 0 Å². The number of anilines is 1. The number of benzene rings is 1. The molecule has 0 spiro atoms. The van der Waals surface area contributed by atoms with Gasteiger partial charge < -0.3 is 19.7 Å². The third-order valence-electron chi connectivity index (χ3n) is 4.89. The Morgan fingerprint density at radius 2 is 1.70 bits per heavy atom. The number of ether oxygens (including phenoxy) is 2. The zero-order chi connectivity index (χ0) is 19.6. The number of likely N-dealkylation sites (tertiary alicyclic amines) is 1. The lowest BCUT2D eigenvalue weighted by Gasteiger charge is -2.35. The lowest BCUT2D eigenvalue weighted by molar-refractivity contribution is -0.142. The van der Waals surface area contributed by atoms with E-state index >= 15 is 0 Å². The van der Waals surface area contributed by atoms with Gasteiger partial charge in [0.2, 0.25) is 11.8 Å². The van der Waals surface area contributed by atoms with Crippen LogP contribution in [0.2, 0.25) is 5.02 Å². The Kier molecular flexibility index (Phi) is 5.84. The van der Waals surface area contributed by atoms with E-state index in [0.29, 0.717) is 61.4 Å². The molecule has 0 atom stereocenters. The molecule has 1 fully saturated rings. The zero-order valence-corrected chi connectivity index (χ0v) is 16.9. The average Bonchev–Trinajstić information content (AvgIpc) is 2.85. The molecule has 3 rings (SSSR count). The second-order valence-electron chi connectivity index (χ2n) is 8.13. The van der Waals surface area contributed by atoms with Crippen LogP contribution in [0.4, 0.5) is 5.69 Å². The van der Waals surface area contributed by atoms with Gasteiger partial charge >= 0.3 is 0 Å². The van der Waals surface area contributed by atoms with Crippen LogP contribution in [-0.2, 0) is 9.59 Å². The predicted molar refractivity (Wildman–Crippen MR) is 104 cm³/mol. The van der Waals surface area contributed by atoms with Crippen LogP contribution in [0.25, 0.3) is 0 Å². The van der Waals surface area contributed by atoms with Crippen molar-refractivity contribution < 1.29 is 19.1 Å². The van der Waals surface area contributed by atoms with Gasteiger partial charge in [0.25, 0.3) is 0 Å². The monoisotopic (exact) mass is 394 g/mol. The molecule has 7 heteroatoms. The lowest BCUT2D eigenvalue weighted by Crippen LogP contribution is -2.45. The van der Waals surface area contributed by atoms with Gasteiger partial charge in [-0.1, -0.05) is 32.4 Å². The summed E-state index contributed by atoms with van der Waals surface area (Å²) >= 11 is 6.31. The molecular weight excluding hydrogens is 368 g/mol. The fourth-order valence-corrected chi connectivity index (χ4v) is 3.53. The van der Waals surface area contributed by atoms with Crippen LogP contribution in [0, 0.1) is 11.3 Å². The first-order valence-corrected chi connectivity index (χ1v) is 9.83. The van der Waals surface area contributed by atoms with E-state index in [1.165, 1.54) is 0 Å². The Labute approximate surface area is 165 Å². The van der Waals surface area contributed by atoms with Gasteiger partial charge in [0.15, 0.2) is 11.5 Å². The van der Waals surface area contributed by atoms with Crippen LogP contribution in [0.1, 0.15) is 40.0 Å². The third-order valence-corrected chi connectivity index (χ3v) is 5.20. The first kappa shape index (κ1) is 19.8. The van der Waals surface area contributed by atoms with Crippen molar-refractivity contribution in [1.82, 2.24) is 4.90 Å². The molecular formula is C20H27ClN2O4. The molecule has 1 aromatic carbocycles. The van der Waals surface area contributed by atoms with Crippen LogP contribution in [-0.4, -0.2) is 43.0 Å². The summed E-state index contributed by atoms with van der Waals surface area (Å²) in [4.78, 5) is 26.9. The quantitative estimate of drug-likeness (QED) is 0.829. The van der Waals surface area contributed by atoms with Crippen LogP contribution in [0.3, 0.4) is 0 Å². The van der Waals surface area contributed by atoms with Gasteiger partial charge in [-0.05, 0) is 12.8 Å². The molecule has 148 valence electrons. The summed E-state index contributed by atoms with van der Waals surface area (Å²) in [6.07, 6.45) is 2.10. The van der Waals surface area contributed by atoms with E-state index in [9.17, 15) is 9.59 Å². The number of carbonyl (C=O) groups is 2. The maximum absolute atomic E-state index is 12.7. The largest absolute Gasteiger partial charge is 0.490 e. The molecule has 2 aliphatic heterocycles. The van der Waals surface area contributed by atoms with Gasteiger partial charge in [-0.3, -0.25) is 9.59 Å². The number of halogens is 1. The van der Waals surface area contributed by atoms with E-state index in [1.54, 1.807) is 12.1 Å². The second kappa shape index (κ2) is 7.97. The standard InChI is InChI=1S/C20H27ClN2O4/c1-20(2,3)19(25)23-7-5-13(6-8-23)18(24)22-15-12-17-16(11-14(15)21)26-9-4-10-27-17/h11-13H,4-10H2,1-3H3,(H,22,24). The Morgan fingerprint density at radius 3 is 2.30 bits per heavy atom. The normalized spacial score (nSPS) is 18.0. The minimum absolute atomic E-state index is 0.0748. The van der Waals surface area contributed by atoms with E-state index in [2.05, 4.69) is 5.32 Å². The fraction of sp³-hybridized carbons (Fsp3) is 0.600. The highest BCUT2D eigenvalue weighted by Crippen LogP contribution is 2.38. The maximum Gasteiger partial charge on any atom is 0.227 e. The van der Waals surface area contributed by atoms with Crippen molar-refractivity contribution >= 4 is 29.1 Å². The topological polar surface area (TPSA) is 67.9 Å². The van der Waals surface area contributed by atoms with Gasteiger partial charge in [0, 0.05) is 43.0 Å². The van der Waals surface area contributed by atoms with E-state index in [0.717, 1.165) is 6.42 Å². The van der Waals surface area contributed by atoms with Crippen LogP contribution in [0.5, 0.6) is 11.5 Å². The number of piperidine rings is 1. The molecule has 0 saturated carbocycles. The van der Waals surface area contributed by atoms with Gasteiger partial charge in [-0.15, -0.1) is 0 Å². The molecule has 2 heterocycles. The summed E-state index contributed by atoms with van der Waals surface area (Å²) in [5.41, 5.74) is 0.131. The molecule has 0 unspecified atom stereocenters. The van der Waals surface area contributed by atoms with Gasteiger partial charge in [0.1, 0.15) is 0 Å². The number of amides is 2. The maximum atomic E-state index is 12.7. The first-order valence-electron chi connectivity index (χ1n) is 9.45. The number of hydrogen-bond donors (Lipinski definition) is 1. The second-order valence-corrected chi connectivity index (χ2v) is 8.54. The molecule has 0 aromatic heterocycles. The van der Waals surface area contributed by atoms with Gasteiger partial charge in [0.05, 0.1) is 23.9 Å². The van der Waals surface area contributed by atoms with Crippen molar-refractivity contribution in [3.8, 4) is 11.5 Å². The number of carbonyl (C=O) groups excluding carboxylic acids is 2. The van der Waals surface area contributed by atoms with Crippen LogP contribution >= 0.6 is 11.6 Å². The molecule has 2 aliphatic rings. The Hall–Kier alpha value is -1.95. The van der Waals surface area contributed by atoms with Crippen molar-refractivity contribution in [3.63, 3.8) is 0 Å². The average molecular weight is 395 g/mol. The summed E-state index contributed by atoms with van der Waals surface area (Å²) in [5, 5.41) is 3.34. The van der Waals surface area contributed by atoms with Crippen LogP contribution < -0.4 is 14.8 Å². The summed E-state index contributed by atoms with van der Waals surface area (Å²) in [6.45, 7) is 8.11. The van der Waals surface area contributed by atoms with Gasteiger partial charge in [-0.2, -0.15) is 0 Å². The third kappa shape index (κ3) is 4.67. The van der Waals surface area contributed by atoms with E-state index < -0.39 is 5.41 Å². The number of nitrogens with zero attached hydrogens (tertiary/aromatic N) is 1. The molecule has 0 radical (unpaired) electrons. The predicted octanol–water partition coefficient (Wildman–Crippen LogP) is 3.72. The fourth-order valence-electron chi connectivity index (χ4n) is 3.33. The Bertz CT molecular complexity index is 721. The first-order chi connectivity index (χ1) is 12.8. The van der Waals surface area contributed by atoms with Crippen molar-refractivity contribution in [2.45, 2.75) is 40.0 Å². The molecule has 6 nitrogen and oxygen atoms in total. The Balaban J connectivity index is 1.62. The van der Waals surface area contributed by atoms with E-state index in [1.807, 2.05) is 25.7 Å². The summed E-state index contributed by atoms with van der Waals surface area (Å²) in [5.74, 6) is 1.12. The number of rotatable bonds is 2. The minimum Gasteiger partial charge on any atom is -0.490 e. The Morgan fingerprint density at radius 1 is 1.11 bits per heavy atom. The number of fused-ring (bicyclic) bond motifs is 1. The SMILES string of the molecule is CC(C)(C)C(=O)N1CCC(C(=O)Nc2cc3c(cc2Cl)OCCCO3)CC1.